The number of Topliss-reactive ketones (excluding diaryl/α,β-unsaturated/α-hetero) is 1. The van der Waals surface area contributed by atoms with Crippen molar-refractivity contribution in [1.29, 1.82) is 0 Å². The van der Waals surface area contributed by atoms with E-state index in [2.05, 4.69) is 33.1 Å². The first-order valence-electron chi connectivity index (χ1n) is 26.3. The molecule has 3 saturated carbocycles. The van der Waals surface area contributed by atoms with Gasteiger partial charge < -0.3 is 51.1 Å². The Bertz CT molecular complexity index is 2350. The first kappa shape index (κ1) is 55.7. The summed E-state index contributed by atoms with van der Waals surface area (Å²) in [4.78, 5) is 79.0. The van der Waals surface area contributed by atoms with E-state index in [0.29, 0.717) is 44.3 Å². The van der Waals surface area contributed by atoms with E-state index in [0.717, 1.165) is 38.2 Å². The molecule has 4 amide bonds. The second kappa shape index (κ2) is 23.2. The maximum atomic E-state index is 17.9. The van der Waals surface area contributed by atoms with E-state index in [1.165, 1.54) is 26.0 Å². The molecule has 16 nitrogen and oxygen atoms in total. The van der Waals surface area contributed by atoms with Gasteiger partial charge in [-0.1, -0.05) is 52.5 Å². The number of ketones is 2. The molecule has 6 aliphatic rings. The number of benzene rings is 1. The Morgan fingerprint density at radius 3 is 2.45 bits per heavy atom. The van der Waals surface area contributed by atoms with Gasteiger partial charge in [0, 0.05) is 35.4 Å². The monoisotopic (exact) mass is 1020 g/mol. The van der Waals surface area contributed by atoms with Crippen LogP contribution in [0.2, 0.25) is 0 Å². The van der Waals surface area contributed by atoms with Crippen molar-refractivity contribution in [3.05, 3.63) is 48.1 Å². The summed E-state index contributed by atoms with van der Waals surface area (Å²) < 4.78 is 58.7. The number of hydrogen-bond acceptors (Lipinski definition) is 12. The number of ether oxygens (including phenoxy) is 4. The number of aliphatic hydroxyl groups excluding tert-OH is 1. The molecule has 0 radical (unpaired) electrons. The van der Waals surface area contributed by atoms with Crippen LogP contribution >= 0.6 is 0 Å². The Morgan fingerprint density at radius 2 is 1.73 bits per heavy atom. The fourth-order valence-corrected chi connectivity index (χ4v) is 12.4. The van der Waals surface area contributed by atoms with Crippen molar-refractivity contribution in [1.82, 2.24) is 16.0 Å². The van der Waals surface area contributed by atoms with E-state index in [9.17, 15) is 33.9 Å². The predicted octanol–water partition coefficient (Wildman–Crippen LogP) is 5.39. The molecule has 4 fully saturated rings. The van der Waals surface area contributed by atoms with Crippen molar-refractivity contribution in [2.45, 2.75) is 185 Å². The quantitative estimate of drug-likeness (QED) is 0.0672. The Kier molecular flexibility index (Phi) is 17.7. The van der Waals surface area contributed by atoms with Crippen molar-refractivity contribution < 1.29 is 61.6 Å². The molecule has 0 aromatic heterocycles. The fraction of sp³-hybridized carbons (Fsp3) is 0.673. The molecule has 1 aliphatic heterocycles. The van der Waals surface area contributed by atoms with E-state index in [-0.39, 0.29) is 55.1 Å². The highest BCUT2D eigenvalue weighted by Gasteiger charge is 2.80. The van der Waals surface area contributed by atoms with Gasteiger partial charge in [-0.05, 0) is 132 Å². The van der Waals surface area contributed by atoms with E-state index in [1.54, 1.807) is 45.0 Å². The standard InChI is InChI=1S/C55H75F2N5O11/c1-7-15-47-72-45-28-38-39-27-41(56)40-26-35(63)23-24-52(40,5)54(39,57)43(64)29-53(38,6)55(45,73-47)44(65)30-70-37-21-19-34(20-22-37)61-49(67)33(4)60-51(69)48(32(2)3)62-50(68)42(58)18-13-14-25-59-46(66)31-71-36-16-11-9-8-10-12-17-36/h19-24,26,32-33,36,38-39,41-43,45,47-48,64H,7-11,13-16,18,25,27-31,58H2,1-6H3,(H,59,66)(H,60,69)(H,61,67)(H,62,68)/t33-,36?,38-,39-,41-,42+,43-,45+,47?,48?,52-,53-,54-,55+/m0/s1. The average molecular weight is 1020 g/mol. The van der Waals surface area contributed by atoms with Gasteiger partial charge in [0.2, 0.25) is 29.4 Å². The smallest absolute Gasteiger partial charge is 0.246 e. The number of anilines is 1. The van der Waals surface area contributed by atoms with Crippen LogP contribution in [0, 0.1) is 40.4 Å². The Hall–Kier alpha value is -5.06. The number of carbonyl (C=O) groups excluding carboxylic acids is 6. The van der Waals surface area contributed by atoms with Crippen molar-refractivity contribution in [2.24, 2.45) is 34.3 Å². The summed E-state index contributed by atoms with van der Waals surface area (Å²) >= 11 is 0. The fourth-order valence-electron chi connectivity index (χ4n) is 12.4. The average Bonchev–Trinajstić information content (AvgIpc) is 3.82. The molecule has 1 heterocycles. The minimum Gasteiger partial charge on any atom is -0.486 e. The molecule has 18 heteroatoms. The van der Waals surface area contributed by atoms with Gasteiger partial charge in [0.1, 0.15) is 43.3 Å². The molecular weight excluding hydrogens is 945 g/mol. The molecule has 3 unspecified atom stereocenters. The van der Waals surface area contributed by atoms with Crippen LogP contribution in [0.15, 0.2) is 48.1 Å². The normalized spacial score (nSPS) is 33.4. The minimum atomic E-state index is -2.33. The third kappa shape index (κ3) is 11.3. The molecule has 0 spiro atoms. The SMILES string of the molecule is CCCC1O[C@@H]2C[C@H]3[C@@H]4C[C@H](F)C5=CC(=O)C=C[C@]5(C)[C@@]4(F)[C@@H](O)C[C@]3(C)[C@]2(C(=O)COc2ccc(NC(=O)[C@H](C)NC(=O)C(NC(=O)[C@H](N)CCCCNC(=O)COC3C#CCCCCC3)C(C)C)cc2)O1. The third-order valence-corrected chi connectivity index (χ3v) is 16.4. The Morgan fingerprint density at radius 1 is 0.973 bits per heavy atom. The largest absolute Gasteiger partial charge is 0.486 e. The maximum Gasteiger partial charge on any atom is 0.246 e. The van der Waals surface area contributed by atoms with E-state index >= 15 is 8.78 Å². The van der Waals surface area contributed by atoms with Crippen molar-refractivity contribution in [3.63, 3.8) is 0 Å². The predicted molar refractivity (Wildman–Crippen MR) is 267 cm³/mol. The highest BCUT2D eigenvalue weighted by atomic mass is 19.1. The highest BCUT2D eigenvalue weighted by molar-refractivity contribution is 6.01. The van der Waals surface area contributed by atoms with Crippen LogP contribution < -0.4 is 31.7 Å². The number of allylic oxidation sites excluding steroid dienone is 4. The summed E-state index contributed by atoms with van der Waals surface area (Å²) in [5.74, 6) is 1.72. The number of rotatable bonds is 21. The van der Waals surface area contributed by atoms with Crippen LogP contribution in [-0.4, -0.2) is 120 Å². The summed E-state index contributed by atoms with van der Waals surface area (Å²) in [7, 11) is 0. The molecule has 7 rings (SSSR count). The Labute approximate surface area is 427 Å². The van der Waals surface area contributed by atoms with E-state index in [4.69, 9.17) is 24.7 Å². The zero-order chi connectivity index (χ0) is 52.9. The summed E-state index contributed by atoms with van der Waals surface area (Å²) in [5.41, 5.74) is -0.162. The van der Waals surface area contributed by atoms with Gasteiger partial charge in [0.25, 0.3) is 0 Å². The molecule has 1 aromatic carbocycles. The van der Waals surface area contributed by atoms with Crippen LogP contribution in [0.1, 0.15) is 125 Å². The van der Waals surface area contributed by atoms with E-state index in [1.807, 2.05) is 6.92 Å². The molecule has 5 aliphatic carbocycles. The topological polar surface area (TPSA) is 234 Å². The number of nitrogens with two attached hydrogens (primary N) is 1. The summed E-state index contributed by atoms with van der Waals surface area (Å²) in [5, 5.41) is 22.9. The summed E-state index contributed by atoms with van der Waals surface area (Å²) in [6, 6.07) is 3.35. The zero-order valence-corrected chi connectivity index (χ0v) is 43.1. The number of unbranched alkanes of at least 4 members (excludes halogenated alkanes) is 1. The number of aliphatic hydroxyl groups is 1. The van der Waals surface area contributed by atoms with Crippen LogP contribution in [0.25, 0.3) is 0 Å². The van der Waals surface area contributed by atoms with Gasteiger partial charge in [-0.3, -0.25) is 28.8 Å². The number of amides is 4. The molecule has 1 aromatic rings. The van der Waals surface area contributed by atoms with Crippen LogP contribution in [0.3, 0.4) is 0 Å². The van der Waals surface area contributed by atoms with Gasteiger partial charge in [-0.2, -0.15) is 0 Å². The van der Waals surface area contributed by atoms with Gasteiger partial charge in [-0.15, -0.1) is 5.92 Å². The summed E-state index contributed by atoms with van der Waals surface area (Å²) in [6.45, 7) is 10.2. The maximum absolute atomic E-state index is 17.9. The van der Waals surface area contributed by atoms with Gasteiger partial charge in [0.05, 0.1) is 18.2 Å². The molecule has 73 heavy (non-hydrogen) atoms. The lowest BCUT2D eigenvalue weighted by molar-refractivity contribution is -0.234. The minimum absolute atomic E-state index is 0.0165. The van der Waals surface area contributed by atoms with Crippen LogP contribution in [0.4, 0.5) is 14.5 Å². The number of halogens is 2. The van der Waals surface area contributed by atoms with Gasteiger partial charge >= 0.3 is 0 Å². The number of carbonyl (C=O) groups is 6. The zero-order valence-electron chi connectivity index (χ0n) is 43.1. The molecule has 0 bridgehead atoms. The van der Waals surface area contributed by atoms with Gasteiger partial charge in [0.15, 0.2) is 23.3 Å². The van der Waals surface area contributed by atoms with E-state index < -0.39 is 113 Å². The first-order chi connectivity index (χ1) is 34.7. The number of nitrogens with one attached hydrogen (secondary N) is 4. The molecule has 1 saturated heterocycles. The lowest BCUT2D eigenvalue weighted by Crippen LogP contribution is -2.71. The summed E-state index contributed by atoms with van der Waals surface area (Å²) in [6.07, 6.45) is 5.98. The van der Waals surface area contributed by atoms with Crippen molar-refractivity contribution in [3.8, 4) is 17.6 Å². The number of alkyl halides is 2. The van der Waals surface area contributed by atoms with Crippen LogP contribution in [-0.2, 0) is 43.0 Å². The van der Waals surface area contributed by atoms with Gasteiger partial charge in [-0.25, -0.2) is 8.78 Å². The van der Waals surface area contributed by atoms with Crippen molar-refractivity contribution in [2.75, 3.05) is 25.1 Å². The van der Waals surface area contributed by atoms with Crippen molar-refractivity contribution >= 4 is 40.9 Å². The molecule has 400 valence electrons. The first-order valence-corrected chi connectivity index (χ1v) is 26.3. The lowest BCUT2D eigenvalue weighted by Gasteiger charge is -2.63. The highest BCUT2D eigenvalue weighted by Crippen LogP contribution is 2.72. The molecule has 14 atom stereocenters. The second-order valence-electron chi connectivity index (χ2n) is 21.6. The molecule has 7 N–H and O–H groups in total. The number of fused-ring (bicyclic) bond motifs is 7. The van der Waals surface area contributed by atoms with Crippen LogP contribution in [0.5, 0.6) is 5.75 Å². The number of hydrogen-bond donors (Lipinski definition) is 6. The molecular formula is C55H75F2N5O11. The Balaban J connectivity index is 0.887. The lowest BCUT2D eigenvalue weighted by atomic mass is 9.44. The second-order valence-corrected chi connectivity index (χ2v) is 21.6. The third-order valence-electron chi connectivity index (χ3n) is 16.4.